The first kappa shape index (κ1) is 20.3. The smallest absolute Gasteiger partial charge is 0.337 e. The lowest BCUT2D eigenvalue weighted by atomic mass is 9.73. The number of halogens is 1. The van der Waals surface area contributed by atoms with Crippen LogP contribution in [0.1, 0.15) is 46.7 Å². The lowest BCUT2D eigenvalue weighted by Gasteiger charge is -2.35. The predicted molar refractivity (Wildman–Crippen MR) is 111 cm³/mol. The van der Waals surface area contributed by atoms with Crippen molar-refractivity contribution in [1.29, 1.82) is 0 Å². The van der Waals surface area contributed by atoms with Crippen molar-refractivity contribution in [2.24, 2.45) is 5.92 Å². The molecule has 1 fully saturated rings. The van der Waals surface area contributed by atoms with Crippen LogP contribution in [0.2, 0.25) is 0 Å². The molecule has 2 aromatic carbocycles. The second-order valence-corrected chi connectivity index (χ2v) is 7.85. The summed E-state index contributed by atoms with van der Waals surface area (Å²) < 4.78 is 18.7. The van der Waals surface area contributed by atoms with Crippen molar-refractivity contribution < 1.29 is 13.9 Å². The summed E-state index contributed by atoms with van der Waals surface area (Å²) in [5.41, 5.74) is 3.97. The van der Waals surface area contributed by atoms with E-state index in [2.05, 4.69) is 25.1 Å². The van der Waals surface area contributed by atoms with Crippen LogP contribution in [0.5, 0.6) is 0 Å². The van der Waals surface area contributed by atoms with Gasteiger partial charge in [-0.2, -0.15) is 0 Å². The van der Waals surface area contributed by atoms with Crippen molar-refractivity contribution in [1.82, 2.24) is 4.90 Å². The summed E-state index contributed by atoms with van der Waals surface area (Å²) in [4.78, 5) is 14.0. The Bertz CT molecular complexity index is 859. The van der Waals surface area contributed by atoms with Gasteiger partial charge >= 0.3 is 5.97 Å². The number of ether oxygens (including phenoxy) is 1. The third-order valence-corrected chi connectivity index (χ3v) is 5.44. The van der Waals surface area contributed by atoms with Gasteiger partial charge in [0.05, 0.1) is 12.7 Å². The highest BCUT2D eigenvalue weighted by Crippen LogP contribution is 2.41. The van der Waals surface area contributed by atoms with E-state index in [1.54, 1.807) is 18.2 Å². The normalized spacial score (nSPS) is 21.1. The quantitative estimate of drug-likeness (QED) is 0.672. The van der Waals surface area contributed by atoms with E-state index in [9.17, 15) is 9.18 Å². The van der Waals surface area contributed by atoms with E-state index in [0.717, 1.165) is 36.9 Å². The van der Waals surface area contributed by atoms with Gasteiger partial charge in [-0.05, 0) is 80.6 Å². The van der Waals surface area contributed by atoms with Crippen LogP contribution in [0.25, 0.3) is 6.08 Å². The van der Waals surface area contributed by atoms with E-state index < -0.39 is 0 Å². The molecule has 2 aromatic rings. The predicted octanol–water partition coefficient (Wildman–Crippen LogP) is 5.14. The molecule has 0 aliphatic heterocycles. The molecule has 0 saturated heterocycles. The van der Waals surface area contributed by atoms with E-state index >= 15 is 0 Å². The second-order valence-electron chi connectivity index (χ2n) is 7.85. The molecule has 0 bridgehead atoms. The summed E-state index contributed by atoms with van der Waals surface area (Å²) in [6, 6.07) is 14.5. The molecule has 0 spiro atoms. The molecule has 28 heavy (non-hydrogen) atoms. The molecule has 0 N–H and O–H groups in total. The molecular formula is C24H28FNO2. The Morgan fingerprint density at radius 1 is 1.21 bits per heavy atom. The van der Waals surface area contributed by atoms with Crippen LogP contribution in [0, 0.1) is 11.7 Å². The number of methoxy groups -OCH3 is 1. The van der Waals surface area contributed by atoms with Crippen LogP contribution in [0.4, 0.5) is 4.39 Å². The average Bonchev–Trinajstić information content (AvgIpc) is 2.68. The summed E-state index contributed by atoms with van der Waals surface area (Å²) in [5, 5.41) is 0. The Balaban J connectivity index is 1.86. The largest absolute Gasteiger partial charge is 0.465 e. The minimum atomic E-state index is -0.326. The Kier molecular flexibility index (Phi) is 6.63. The van der Waals surface area contributed by atoms with Gasteiger partial charge in [-0.25, -0.2) is 9.18 Å². The summed E-state index contributed by atoms with van der Waals surface area (Å²) in [6.07, 6.45) is 5.17. The van der Waals surface area contributed by atoms with Crippen molar-refractivity contribution in [3.05, 3.63) is 76.6 Å². The number of rotatable bonds is 5. The lowest BCUT2D eigenvalue weighted by Crippen LogP contribution is -2.29. The summed E-state index contributed by atoms with van der Waals surface area (Å²) in [5.74, 6) is 0.285. The lowest BCUT2D eigenvalue weighted by molar-refractivity contribution is 0.0600. The Hall–Kier alpha value is -2.46. The summed E-state index contributed by atoms with van der Waals surface area (Å²) in [7, 11) is 5.57. The molecule has 4 heteroatoms. The molecule has 1 aliphatic carbocycles. The van der Waals surface area contributed by atoms with Gasteiger partial charge in [0.1, 0.15) is 5.82 Å². The van der Waals surface area contributed by atoms with Gasteiger partial charge in [0, 0.05) is 6.54 Å². The zero-order valence-electron chi connectivity index (χ0n) is 16.8. The fraction of sp³-hybridized carbons (Fsp3) is 0.375. The van der Waals surface area contributed by atoms with Crippen molar-refractivity contribution in [3.63, 3.8) is 0 Å². The molecule has 3 nitrogen and oxygen atoms in total. The van der Waals surface area contributed by atoms with E-state index in [1.165, 1.54) is 18.7 Å². The molecule has 0 radical (unpaired) electrons. The van der Waals surface area contributed by atoms with E-state index in [4.69, 9.17) is 4.74 Å². The first-order chi connectivity index (χ1) is 13.5. The Morgan fingerprint density at radius 3 is 2.71 bits per heavy atom. The van der Waals surface area contributed by atoms with E-state index in [-0.39, 0.29) is 11.8 Å². The monoisotopic (exact) mass is 381 g/mol. The molecule has 0 amide bonds. The van der Waals surface area contributed by atoms with Crippen LogP contribution in [0.15, 0.2) is 54.1 Å². The molecule has 0 heterocycles. The third kappa shape index (κ3) is 5.08. The van der Waals surface area contributed by atoms with Crippen LogP contribution in [-0.2, 0) is 4.74 Å². The third-order valence-electron chi connectivity index (χ3n) is 5.44. The van der Waals surface area contributed by atoms with Gasteiger partial charge in [0.15, 0.2) is 0 Å². The van der Waals surface area contributed by atoms with Crippen LogP contribution < -0.4 is 0 Å². The van der Waals surface area contributed by atoms with Gasteiger partial charge in [0.2, 0.25) is 0 Å². The number of allylic oxidation sites excluding steroid dienone is 1. The van der Waals surface area contributed by atoms with Gasteiger partial charge in [-0.1, -0.05) is 35.9 Å². The van der Waals surface area contributed by atoms with Gasteiger partial charge in [0.25, 0.3) is 0 Å². The molecule has 3 rings (SSSR count). The van der Waals surface area contributed by atoms with Gasteiger partial charge < -0.3 is 9.64 Å². The summed E-state index contributed by atoms with van der Waals surface area (Å²) in [6.45, 7) is 0.992. The number of carbonyl (C=O) groups excluding carboxylic acids is 1. The maximum atomic E-state index is 13.8. The maximum absolute atomic E-state index is 13.8. The highest BCUT2D eigenvalue weighted by Gasteiger charge is 2.29. The zero-order valence-corrected chi connectivity index (χ0v) is 16.8. The van der Waals surface area contributed by atoms with Gasteiger partial charge in [-0.3, -0.25) is 0 Å². The molecular weight excluding hydrogens is 353 g/mol. The number of benzene rings is 2. The number of esters is 1. The second kappa shape index (κ2) is 9.16. The molecule has 148 valence electrons. The highest BCUT2D eigenvalue weighted by atomic mass is 19.1. The number of hydrogen-bond donors (Lipinski definition) is 0. The standard InChI is InChI=1S/C24H28FNO2/c1-26(2)16-21-11-10-18(14-23(21)19-7-5-9-22(25)15-19)12-17-6-4-8-20(13-17)24(27)28-3/h4-9,12-13,15,21,23H,10-11,14,16H2,1-3H3/b18-12+. The van der Waals surface area contributed by atoms with Crippen LogP contribution in [0.3, 0.4) is 0 Å². The van der Waals surface area contributed by atoms with E-state index in [1.807, 2.05) is 24.3 Å². The number of carbonyl (C=O) groups is 1. The van der Waals surface area contributed by atoms with Crippen molar-refractivity contribution >= 4 is 12.0 Å². The zero-order chi connectivity index (χ0) is 20.1. The topological polar surface area (TPSA) is 29.5 Å². The fourth-order valence-corrected chi connectivity index (χ4v) is 4.18. The van der Waals surface area contributed by atoms with Crippen LogP contribution in [-0.4, -0.2) is 38.6 Å². The minimum Gasteiger partial charge on any atom is -0.465 e. The maximum Gasteiger partial charge on any atom is 0.337 e. The first-order valence-corrected chi connectivity index (χ1v) is 9.74. The Morgan fingerprint density at radius 2 is 2.00 bits per heavy atom. The molecule has 2 atom stereocenters. The summed E-state index contributed by atoms with van der Waals surface area (Å²) >= 11 is 0. The van der Waals surface area contributed by atoms with Crippen molar-refractivity contribution in [2.45, 2.75) is 25.2 Å². The minimum absolute atomic E-state index is 0.178. The number of nitrogens with zero attached hydrogens (tertiary/aromatic N) is 1. The fourth-order valence-electron chi connectivity index (χ4n) is 4.18. The number of hydrogen-bond acceptors (Lipinski definition) is 3. The van der Waals surface area contributed by atoms with E-state index in [0.29, 0.717) is 17.4 Å². The molecule has 2 unspecified atom stereocenters. The van der Waals surface area contributed by atoms with Crippen molar-refractivity contribution in [2.75, 3.05) is 27.7 Å². The highest BCUT2D eigenvalue weighted by molar-refractivity contribution is 5.90. The molecule has 0 aromatic heterocycles. The molecule has 1 aliphatic rings. The first-order valence-electron chi connectivity index (χ1n) is 9.74. The Labute approximate surface area is 166 Å². The SMILES string of the molecule is COC(=O)c1cccc(/C=C2\CCC(CN(C)C)C(c3cccc(F)c3)C2)c1. The van der Waals surface area contributed by atoms with Crippen molar-refractivity contribution in [3.8, 4) is 0 Å². The average molecular weight is 381 g/mol. The molecule has 1 saturated carbocycles. The van der Waals surface area contributed by atoms with Gasteiger partial charge in [-0.15, -0.1) is 0 Å². The van der Waals surface area contributed by atoms with Crippen LogP contribution >= 0.6 is 0 Å².